The lowest BCUT2D eigenvalue weighted by molar-refractivity contribution is -0.119. The molecule has 1 aromatic heterocycles. The highest BCUT2D eigenvalue weighted by molar-refractivity contribution is 7.89. The zero-order valence-electron chi connectivity index (χ0n) is 18.2. The summed E-state index contributed by atoms with van der Waals surface area (Å²) < 4.78 is 40.8. The minimum Gasteiger partial charge on any atom is -0.452 e. The molecule has 11 heteroatoms. The first kappa shape index (κ1) is 23.3. The number of hydrogen-bond donors (Lipinski definition) is 1. The Morgan fingerprint density at radius 2 is 1.79 bits per heavy atom. The Bertz CT molecular complexity index is 1260. The third kappa shape index (κ3) is 5.21. The van der Waals surface area contributed by atoms with Crippen LogP contribution in [0.5, 0.6) is 0 Å². The number of benzene rings is 2. The van der Waals surface area contributed by atoms with Gasteiger partial charge >= 0.3 is 5.97 Å². The molecule has 2 heterocycles. The summed E-state index contributed by atoms with van der Waals surface area (Å²) in [5, 5.41) is 2.65. The molecule has 1 saturated heterocycles. The van der Waals surface area contributed by atoms with Crippen LogP contribution >= 0.6 is 11.7 Å². The number of fused-ring (bicyclic) bond motifs is 1. The molecule has 0 radical (unpaired) electrons. The molecular formula is C22H24N4O5S2. The Kier molecular flexibility index (Phi) is 6.73. The van der Waals surface area contributed by atoms with E-state index in [9.17, 15) is 18.0 Å². The van der Waals surface area contributed by atoms with E-state index in [0.717, 1.165) is 18.1 Å². The molecule has 0 unspecified atom stereocenters. The fraction of sp³-hybridized carbons (Fsp3) is 0.364. The van der Waals surface area contributed by atoms with E-state index in [1.54, 1.807) is 18.2 Å². The summed E-state index contributed by atoms with van der Waals surface area (Å²) in [7, 11) is -3.64. The van der Waals surface area contributed by atoms with Crippen LogP contribution in [0, 0.1) is 11.8 Å². The smallest absolute Gasteiger partial charge is 0.338 e. The van der Waals surface area contributed by atoms with Gasteiger partial charge in [-0.25, -0.2) is 13.2 Å². The van der Waals surface area contributed by atoms with Crippen LogP contribution in [0.2, 0.25) is 0 Å². The molecule has 1 aliphatic heterocycles. The van der Waals surface area contributed by atoms with Crippen molar-refractivity contribution < 1.29 is 22.7 Å². The molecule has 4 rings (SSSR count). The average molecular weight is 489 g/mol. The Morgan fingerprint density at radius 3 is 2.48 bits per heavy atom. The van der Waals surface area contributed by atoms with Crippen LogP contribution in [-0.4, -0.2) is 53.0 Å². The summed E-state index contributed by atoms with van der Waals surface area (Å²) in [5.41, 5.74) is 1.88. The molecule has 1 amide bonds. The molecule has 1 aliphatic rings. The molecule has 0 saturated carbocycles. The van der Waals surface area contributed by atoms with Crippen LogP contribution in [0.25, 0.3) is 11.0 Å². The number of carbonyl (C=O) groups excluding carboxylic acids is 2. The highest BCUT2D eigenvalue weighted by Gasteiger charge is 2.31. The maximum absolute atomic E-state index is 13.0. The molecule has 1 fully saturated rings. The highest BCUT2D eigenvalue weighted by Crippen LogP contribution is 2.27. The predicted molar refractivity (Wildman–Crippen MR) is 124 cm³/mol. The lowest BCUT2D eigenvalue weighted by Crippen LogP contribution is -2.42. The van der Waals surface area contributed by atoms with Gasteiger partial charge in [0.25, 0.3) is 5.91 Å². The summed E-state index contributed by atoms with van der Waals surface area (Å²) in [6.07, 6.45) is 1.00. The van der Waals surface area contributed by atoms with Gasteiger partial charge in [-0.1, -0.05) is 19.9 Å². The Morgan fingerprint density at radius 1 is 1.09 bits per heavy atom. The monoisotopic (exact) mass is 488 g/mol. The SMILES string of the molecule is C[C@H]1C[C@H](C)CN(S(=O)(=O)c2ccc(C(=O)OCC(=O)Nc3cccc4nsnc34)cc2)C1. The summed E-state index contributed by atoms with van der Waals surface area (Å²) >= 11 is 1.04. The number of rotatable bonds is 6. The van der Waals surface area contributed by atoms with Gasteiger partial charge in [-0.05, 0) is 54.7 Å². The largest absolute Gasteiger partial charge is 0.452 e. The van der Waals surface area contributed by atoms with Gasteiger partial charge in [-0.2, -0.15) is 13.1 Å². The highest BCUT2D eigenvalue weighted by atomic mass is 32.2. The summed E-state index contributed by atoms with van der Waals surface area (Å²) in [6.45, 7) is 4.56. The van der Waals surface area contributed by atoms with E-state index in [4.69, 9.17) is 4.74 Å². The number of carbonyl (C=O) groups is 2. The number of piperidine rings is 1. The second kappa shape index (κ2) is 9.54. The lowest BCUT2D eigenvalue weighted by Gasteiger charge is -2.34. The van der Waals surface area contributed by atoms with Crippen LogP contribution in [0.3, 0.4) is 0 Å². The molecule has 1 N–H and O–H groups in total. The fourth-order valence-corrected chi connectivity index (χ4v) is 6.25. The quantitative estimate of drug-likeness (QED) is 0.530. The van der Waals surface area contributed by atoms with Gasteiger partial charge < -0.3 is 10.1 Å². The Labute approximate surface area is 196 Å². The normalized spacial score (nSPS) is 19.3. The number of amides is 1. The van der Waals surface area contributed by atoms with E-state index < -0.39 is 28.5 Å². The predicted octanol–water partition coefficient (Wildman–Crippen LogP) is 3.15. The number of esters is 1. The molecule has 0 spiro atoms. The molecule has 2 aromatic carbocycles. The number of sulfonamides is 1. The summed E-state index contributed by atoms with van der Waals surface area (Å²) in [4.78, 5) is 24.7. The number of nitrogens with zero attached hydrogens (tertiary/aromatic N) is 3. The first-order chi connectivity index (χ1) is 15.7. The van der Waals surface area contributed by atoms with Crippen molar-refractivity contribution >= 4 is 50.3 Å². The molecule has 33 heavy (non-hydrogen) atoms. The van der Waals surface area contributed by atoms with Crippen LogP contribution in [0.1, 0.15) is 30.6 Å². The van der Waals surface area contributed by atoms with E-state index >= 15 is 0 Å². The van der Waals surface area contributed by atoms with Crippen molar-refractivity contribution in [1.29, 1.82) is 0 Å². The molecule has 0 bridgehead atoms. The minimum absolute atomic E-state index is 0.128. The number of aromatic nitrogens is 2. The van der Waals surface area contributed by atoms with Crippen LogP contribution in [0.4, 0.5) is 5.69 Å². The van der Waals surface area contributed by atoms with Crippen molar-refractivity contribution in [3.8, 4) is 0 Å². The van der Waals surface area contributed by atoms with E-state index in [-0.39, 0.29) is 10.5 Å². The third-order valence-electron chi connectivity index (χ3n) is 5.46. The summed E-state index contributed by atoms with van der Waals surface area (Å²) in [6, 6.07) is 10.8. The van der Waals surface area contributed by atoms with Crippen molar-refractivity contribution in [3.05, 3.63) is 48.0 Å². The molecule has 9 nitrogen and oxygen atoms in total. The minimum atomic E-state index is -3.64. The molecule has 3 aromatic rings. The van der Waals surface area contributed by atoms with E-state index in [1.165, 1.54) is 28.6 Å². The second-order valence-corrected chi connectivity index (χ2v) is 10.8. The molecule has 174 valence electrons. The number of anilines is 1. The molecule has 0 aliphatic carbocycles. The van der Waals surface area contributed by atoms with Crippen LogP contribution < -0.4 is 5.32 Å². The van der Waals surface area contributed by atoms with Crippen LogP contribution in [0.15, 0.2) is 47.4 Å². The van der Waals surface area contributed by atoms with Crippen molar-refractivity contribution in [1.82, 2.24) is 13.1 Å². The van der Waals surface area contributed by atoms with Gasteiger partial charge in [-0.15, -0.1) is 0 Å². The summed E-state index contributed by atoms with van der Waals surface area (Å²) in [5.74, 6) is -0.649. The second-order valence-electron chi connectivity index (χ2n) is 8.35. The first-order valence-corrected chi connectivity index (χ1v) is 12.7. The van der Waals surface area contributed by atoms with Gasteiger partial charge in [0.2, 0.25) is 10.0 Å². The standard InChI is InChI=1S/C22H24N4O5S2/c1-14-10-15(2)12-26(11-14)33(29,30)17-8-6-16(7-9-17)22(28)31-13-20(27)23-18-4-3-5-19-21(18)25-32-24-19/h3-9,14-15H,10-13H2,1-2H3,(H,23,27)/t14-,15-/m0/s1. The number of hydrogen-bond acceptors (Lipinski definition) is 8. The van der Waals surface area contributed by atoms with Gasteiger partial charge in [0.15, 0.2) is 6.61 Å². The third-order valence-corrected chi connectivity index (χ3v) is 7.85. The zero-order valence-corrected chi connectivity index (χ0v) is 19.9. The van der Waals surface area contributed by atoms with Gasteiger partial charge in [0.1, 0.15) is 11.0 Å². The fourth-order valence-electron chi connectivity index (χ4n) is 4.02. The van der Waals surface area contributed by atoms with Gasteiger partial charge in [-0.3, -0.25) is 4.79 Å². The van der Waals surface area contributed by atoms with Crippen molar-refractivity contribution in [2.45, 2.75) is 25.2 Å². The van der Waals surface area contributed by atoms with E-state index in [2.05, 4.69) is 14.1 Å². The zero-order chi connectivity index (χ0) is 23.6. The number of nitrogens with one attached hydrogen (secondary N) is 1. The van der Waals surface area contributed by atoms with Crippen molar-refractivity contribution in [3.63, 3.8) is 0 Å². The topological polar surface area (TPSA) is 119 Å². The average Bonchev–Trinajstić information content (AvgIpc) is 3.27. The van der Waals surface area contributed by atoms with Crippen LogP contribution in [-0.2, 0) is 19.6 Å². The van der Waals surface area contributed by atoms with Crippen molar-refractivity contribution in [2.24, 2.45) is 11.8 Å². The van der Waals surface area contributed by atoms with Gasteiger partial charge in [0, 0.05) is 13.1 Å². The number of ether oxygens (including phenoxy) is 1. The lowest BCUT2D eigenvalue weighted by atomic mass is 9.94. The van der Waals surface area contributed by atoms with E-state index in [0.29, 0.717) is 41.6 Å². The van der Waals surface area contributed by atoms with Gasteiger partial charge in [0.05, 0.1) is 27.9 Å². The first-order valence-electron chi connectivity index (χ1n) is 10.5. The maximum atomic E-state index is 13.0. The maximum Gasteiger partial charge on any atom is 0.338 e. The van der Waals surface area contributed by atoms with Crippen molar-refractivity contribution in [2.75, 3.05) is 25.0 Å². The molecule has 2 atom stereocenters. The Balaban J connectivity index is 1.36. The van der Waals surface area contributed by atoms with E-state index in [1.807, 2.05) is 13.8 Å². The molecular weight excluding hydrogens is 464 g/mol. The Hall–Kier alpha value is -2.89.